The number of benzene rings is 1. The number of carboxylic acids is 1. The number of hydrogen-bond donors (Lipinski definition) is 1. The van der Waals surface area contributed by atoms with Crippen LogP contribution in [0.3, 0.4) is 0 Å². The maximum atomic E-state index is 11.1. The number of aromatic carboxylic acids is 1. The summed E-state index contributed by atoms with van der Waals surface area (Å²) in [7, 11) is 0. The van der Waals surface area contributed by atoms with Crippen LogP contribution in [0.2, 0.25) is 5.02 Å². The second-order valence-corrected chi connectivity index (χ2v) is 5.43. The Morgan fingerprint density at radius 2 is 2.16 bits per heavy atom. The molecule has 104 valence electrons. The van der Waals surface area contributed by atoms with E-state index in [-0.39, 0.29) is 16.3 Å². The van der Waals surface area contributed by atoms with E-state index in [1.807, 2.05) is 0 Å². The van der Waals surface area contributed by atoms with Crippen LogP contribution in [0.15, 0.2) is 17.0 Å². The number of rotatable bonds is 7. The lowest BCUT2D eigenvalue weighted by atomic mass is 10.2. The van der Waals surface area contributed by atoms with Gasteiger partial charge in [0.05, 0.1) is 15.5 Å². The van der Waals surface area contributed by atoms with Crippen molar-refractivity contribution in [2.75, 3.05) is 5.75 Å². The fraction of sp³-hybridized carbons (Fsp3) is 0.417. The van der Waals surface area contributed by atoms with Crippen molar-refractivity contribution in [3.63, 3.8) is 0 Å². The van der Waals surface area contributed by atoms with E-state index in [1.165, 1.54) is 17.8 Å². The van der Waals surface area contributed by atoms with Gasteiger partial charge >= 0.3 is 5.97 Å². The molecule has 0 saturated heterocycles. The molecule has 1 aromatic rings. The van der Waals surface area contributed by atoms with E-state index in [1.54, 1.807) is 0 Å². The second-order valence-electron chi connectivity index (χ2n) is 3.92. The van der Waals surface area contributed by atoms with Gasteiger partial charge in [0.15, 0.2) is 0 Å². The van der Waals surface area contributed by atoms with E-state index in [0.717, 1.165) is 31.1 Å². The first kappa shape index (κ1) is 15.8. The van der Waals surface area contributed by atoms with E-state index in [0.29, 0.717) is 4.90 Å². The number of nitrogens with zero attached hydrogens (tertiary/aromatic N) is 1. The molecule has 5 nitrogen and oxygen atoms in total. The molecule has 19 heavy (non-hydrogen) atoms. The molecule has 1 N–H and O–H groups in total. The number of unbranched alkanes of at least 4 members (excludes halogenated alkanes) is 2. The molecule has 0 aliphatic rings. The third-order valence-electron chi connectivity index (χ3n) is 2.46. The predicted molar refractivity (Wildman–Crippen MR) is 75.3 cm³/mol. The predicted octanol–water partition coefficient (Wildman–Crippen LogP) is 4.23. The van der Waals surface area contributed by atoms with Crippen molar-refractivity contribution in [3.8, 4) is 0 Å². The summed E-state index contributed by atoms with van der Waals surface area (Å²) in [6.45, 7) is 2.08. The fourth-order valence-corrected chi connectivity index (χ4v) is 2.94. The summed E-state index contributed by atoms with van der Waals surface area (Å²) in [5.74, 6) is -0.463. The highest BCUT2D eigenvalue weighted by atomic mass is 35.5. The molecule has 0 fully saturated rings. The molecular weight excluding hydrogens is 290 g/mol. The quantitative estimate of drug-likeness (QED) is 0.353. The first-order valence-corrected chi connectivity index (χ1v) is 7.17. The van der Waals surface area contributed by atoms with Crippen molar-refractivity contribution in [1.82, 2.24) is 0 Å². The van der Waals surface area contributed by atoms with Gasteiger partial charge < -0.3 is 5.11 Å². The number of nitro groups is 1. The van der Waals surface area contributed by atoms with Crippen molar-refractivity contribution in [3.05, 3.63) is 32.8 Å². The van der Waals surface area contributed by atoms with Crippen LogP contribution in [0.4, 0.5) is 5.69 Å². The Balaban J connectivity index is 3.01. The summed E-state index contributed by atoms with van der Waals surface area (Å²) in [4.78, 5) is 21.6. The Bertz CT molecular complexity index is 493. The maximum absolute atomic E-state index is 11.1. The van der Waals surface area contributed by atoms with Gasteiger partial charge in [0.25, 0.3) is 5.69 Å². The average molecular weight is 304 g/mol. The van der Waals surface area contributed by atoms with Gasteiger partial charge in [-0.05, 0) is 12.2 Å². The summed E-state index contributed by atoms with van der Waals surface area (Å²) in [5.41, 5.74) is -0.416. The van der Waals surface area contributed by atoms with Crippen LogP contribution in [0.25, 0.3) is 0 Å². The lowest BCUT2D eigenvalue weighted by Crippen LogP contribution is -2.02. The minimum atomic E-state index is -1.21. The van der Waals surface area contributed by atoms with Crippen LogP contribution in [-0.4, -0.2) is 21.8 Å². The van der Waals surface area contributed by atoms with E-state index in [4.69, 9.17) is 16.7 Å². The zero-order valence-electron chi connectivity index (χ0n) is 10.4. The van der Waals surface area contributed by atoms with Crippen molar-refractivity contribution < 1.29 is 14.8 Å². The average Bonchev–Trinajstić information content (AvgIpc) is 2.35. The molecule has 0 heterocycles. The van der Waals surface area contributed by atoms with E-state index >= 15 is 0 Å². The highest BCUT2D eigenvalue weighted by Crippen LogP contribution is 2.35. The number of thioether (sulfide) groups is 1. The molecule has 0 spiro atoms. The topological polar surface area (TPSA) is 80.4 Å². The third-order valence-corrected chi connectivity index (χ3v) is 4.10. The van der Waals surface area contributed by atoms with Gasteiger partial charge in [-0.3, -0.25) is 10.1 Å². The normalized spacial score (nSPS) is 10.4. The van der Waals surface area contributed by atoms with Gasteiger partial charge in [0.2, 0.25) is 0 Å². The number of halogens is 1. The van der Waals surface area contributed by atoms with Crippen LogP contribution in [0.1, 0.15) is 36.5 Å². The summed E-state index contributed by atoms with van der Waals surface area (Å²) in [6.07, 6.45) is 3.08. The van der Waals surface area contributed by atoms with E-state index in [9.17, 15) is 14.9 Å². The molecular formula is C12H14ClNO4S. The van der Waals surface area contributed by atoms with Gasteiger partial charge in [-0.15, -0.1) is 11.8 Å². The van der Waals surface area contributed by atoms with Gasteiger partial charge in [-0.2, -0.15) is 0 Å². The molecule has 1 rings (SSSR count). The van der Waals surface area contributed by atoms with E-state index < -0.39 is 10.9 Å². The summed E-state index contributed by atoms with van der Waals surface area (Å²) >= 11 is 7.27. The number of carbonyl (C=O) groups is 1. The zero-order chi connectivity index (χ0) is 14.4. The molecule has 0 aliphatic heterocycles. The zero-order valence-corrected chi connectivity index (χ0v) is 12.0. The number of carboxylic acid groups (broad SMARTS) is 1. The molecule has 0 unspecified atom stereocenters. The first-order chi connectivity index (χ1) is 8.97. The van der Waals surface area contributed by atoms with Gasteiger partial charge in [-0.25, -0.2) is 4.79 Å². The molecule has 0 amide bonds. The third kappa shape index (κ3) is 4.40. The summed E-state index contributed by atoms with van der Waals surface area (Å²) in [5, 5.41) is 19.9. The number of nitro benzene ring substituents is 1. The van der Waals surface area contributed by atoms with Crippen molar-refractivity contribution in [2.24, 2.45) is 0 Å². The first-order valence-electron chi connectivity index (χ1n) is 5.81. The highest BCUT2D eigenvalue weighted by molar-refractivity contribution is 7.99. The van der Waals surface area contributed by atoms with E-state index in [2.05, 4.69) is 6.92 Å². The Labute approximate surface area is 120 Å². The van der Waals surface area contributed by atoms with Gasteiger partial charge in [-0.1, -0.05) is 31.4 Å². The monoisotopic (exact) mass is 303 g/mol. The van der Waals surface area contributed by atoms with Crippen molar-refractivity contribution in [1.29, 1.82) is 0 Å². The molecule has 0 atom stereocenters. The van der Waals surface area contributed by atoms with Crippen LogP contribution in [-0.2, 0) is 0 Å². The Hall–Kier alpha value is -1.27. The van der Waals surface area contributed by atoms with Crippen LogP contribution in [0.5, 0.6) is 0 Å². The molecule has 0 aromatic heterocycles. The Morgan fingerprint density at radius 3 is 2.68 bits per heavy atom. The minimum Gasteiger partial charge on any atom is -0.478 e. The van der Waals surface area contributed by atoms with Gasteiger partial charge in [0.1, 0.15) is 0 Å². The molecule has 0 bridgehead atoms. The summed E-state index contributed by atoms with van der Waals surface area (Å²) < 4.78 is 0. The van der Waals surface area contributed by atoms with Gasteiger partial charge in [0, 0.05) is 17.0 Å². The van der Waals surface area contributed by atoms with Crippen LogP contribution in [0, 0.1) is 10.1 Å². The molecule has 1 aromatic carbocycles. The largest absolute Gasteiger partial charge is 0.478 e. The molecule has 0 radical (unpaired) electrons. The van der Waals surface area contributed by atoms with Crippen molar-refractivity contribution in [2.45, 2.75) is 31.1 Å². The van der Waals surface area contributed by atoms with Crippen molar-refractivity contribution >= 4 is 35.0 Å². The maximum Gasteiger partial charge on any atom is 0.337 e. The summed E-state index contributed by atoms with van der Waals surface area (Å²) in [6, 6.07) is 2.24. The Morgan fingerprint density at radius 1 is 1.47 bits per heavy atom. The Kier molecular flexibility index (Phi) is 6.11. The van der Waals surface area contributed by atoms with Crippen LogP contribution < -0.4 is 0 Å². The highest BCUT2D eigenvalue weighted by Gasteiger charge is 2.20. The lowest BCUT2D eigenvalue weighted by Gasteiger charge is -2.08. The molecule has 7 heteroatoms. The standard InChI is InChI=1S/C12H14ClNO4S/c1-2-3-4-5-19-11-9(12(15)16)6-8(14(17)18)7-10(11)13/h6-7H,2-5H2,1H3,(H,15,16). The lowest BCUT2D eigenvalue weighted by molar-refractivity contribution is -0.384. The SMILES string of the molecule is CCCCCSc1c(Cl)cc([N+](=O)[O-])cc1C(=O)O. The molecule has 0 aliphatic carbocycles. The van der Waals surface area contributed by atoms with Crippen LogP contribution >= 0.6 is 23.4 Å². The second kappa shape index (κ2) is 7.35. The molecule has 0 saturated carbocycles. The fourth-order valence-electron chi connectivity index (χ4n) is 1.52. The minimum absolute atomic E-state index is 0.110. The smallest absolute Gasteiger partial charge is 0.337 e. The number of non-ortho nitro benzene ring substituents is 1. The number of hydrogen-bond acceptors (Lipinski definition) is 4.